The van der Waals surface area contributed by atoms with E-state index in [-0.39, 0.29) is 5.91 Å². The molecular weight excluding hydrogens is 316 g/mol. The Hall–Kier alpha value is -1.95. The molecule has 0 aromatic carbocycles. The van der Waals surface area contributed by atoms with E-state index in [2.05, 4.69) is 29.1 Å². The van der Waals surface area contributed by atoms with Crippen molar-refractivity contribution in [2.24, 2.45) is 0 Å². The molecule has 0 bridgehead atoms. The van der Waals surface area contributed by atoms with E-state index >= 15 is 0 Å². The summed E-state index contributed by atoms with van der Waals surface area (Å²) >= 11 is 0. The van der Waals surface area contributed by atoms with Gasteiger partial charge in [-0.2, -0.15) is 0 Å². The second-order valence-corrected chi connectivity index (χ2v) is 7.66. The monoisotopic (exact) mass is 342 g/mol. The average molecular weight is 342 g/mol. The maximum atomic E-state index is 13.3. The molecule has 2 aliphatic rings. The van der Waals surface area contributed by atoms with Crippen LogP contribution in [0.15, 0.2) is 10.6 Å². The molecule has 25 heavy (non-hydrogen) atoms. The van der Waals surface area contributed by atoms with Crippen molar-refractivity contribution in [2.75, 3.05) is 27.2 Å². The lowest BCUT2D eigenvalue weighted by Gasteiger charge is -2.23. The quantitative estimate of drug-likeness (QED) is 0.858. The zero-order valence-electron chi connectivity index (χ0n) is 15.3. The molecule has 0 unspecified atom stereocenters. The Morgan fingerprint density at radius 1 is 1.24 bits per heavy atom. The minimum absolute atomic E-state index is 0.0972. The summed E-state index contributed by atoms with van der Waals surface area (Å²) in [5.74, 6) is 0.573. The topological polar surface area (TPSA) is 62.5 Å². The molecule has 2 fully saturated rings. The zero-order valence-corrected chi connectivity index (χ0v) is 15.3. The van der Waals surface area contributed by atoms with E-state index < -0.39 is 0 Å². The molecule has 3 heterocycles. The molecule has 1 saturated heterocycles. The van der Waals surface area contributed by atoms with Crippen molar-refractivity contribution in [1.82, 2.24) is 19.9 Å². The van der Waals surface area contributed by atoms with Gasteiger partial charge >= 0.3 is 0 Å². The van der Waals surface area contributed by atoms with E-state index in [1.54, 1.807) is 0 Å². The van der Waals surface area contributed by atoms with Crippen molar-refractivity contribution in [3.63, 3.8) is 0 Å². The molecule has 1 saturated carbocycles. The lowest BCUT2D eigenvalue weighted by molar-refractivity contribution is 0.0760. The Balaban J connectivity index is 1.66. The highest BCUT2D eigenvalue weighted by molar-refractivity contribution is 6.06. The Kier molecular flexibility index (Phi) is 4.23. The number of pyridine rings is 1. The number of fused-ring (bicyclic) bond motifs is 1. The molecule has 1 aliphatic heterocycles. The highest BCUT2D eigenvalue weighted by Crippen LogP contribution is 2.40. The van der Waals surface area contributed by atoms with E-state index in [4.69, 9.17) is 4.52 Å². The van der Waals surface area contributed by atoms with Crippen molar-refractivity contribution in [3.8, 4) is 0 Å². The first kappa shape index (κ1) is 16.5. The Morgan fingerprint density at radius 2 is 2.04 bits per heavy atom. The van der Waals surface area contributed by atoms with Crippen LogP contribution in [0.25, 0.3) is 11.1 Å². The number of carbonyl (C=O) groups excluding carboxylic acids is 1. The van der Waals surface area contributed by atoms with Gasteiger partial charge in [-0.3, -0.25) is 4.79 Å². The molecule has 1 aliphatic carbocycles. The van der Waals surface area contributed by atoms with E-state index in [1.165, 1.54) is 0 Å². The first-order valence-corrected chi connectivity index (χ1v) is 9.27. The predicted molar refractivity (Wildman–Crippen MR) is 95.7 cm³/mol. The summed E-state index contributed by atoms with van der Waals surface area (Å²) in [7, 11) is 4.24. The van der Waals surface area contributed by atoms with Crippen LogP contribution in [-0.4, -0.2) is 59.1 Å². The Bertz CT molecular complexity index is 794. The number of aryl methyl sites for hydroxylation is 1. The summed E-state index contributed by atoms with van der Waals surface area (Å²) in [6.07, 6.45) is 5.50. The second kappa shape index (κ2) is 6.41. The van der Waals surface area contributed by atoms with E-state index in [0.29, 0.717) is 23.2 Å². The van der Waals surface area contributed by atoms with E-state index in [0.717, 1.165) is 62.0 Å². The normalized spacial score (nSPS) is 21.8. The standard InChI is InChI=1S/C19H26N4O2/c1-12-17-15(11-16(13-6-7-13)20-18(17)25-21-12)19(24)23-9-4-5-14(8-10-23)22(2)3/h11,13-14H,4-10H2,1-3H3/t14-/m0/s1. The molecule has 2 aromatic rings. The number of rotatable bonds is 3. The second-order valence-electron chi connectivity index (χ2n) is 7.66. The molecule has 2 aromatic heterocycles. The van der Waals surface area contributed by atoms with Crippen LogP contribution < -0.4 is 0 Å². The predicted octanol–water partition coefficient (Wildman–Crippen LogP) is 2.96. The highest BCUT2D eigenvalue weighted by Gasteiger charge is 2.30. The largest absolute Gasteiger partial charge is 0.339 e. The molecule has 0 spiro atoms. The zero-order chi connectivity index (χ0) is 17.6. The maximum Gasteiger partial charge on any atom is 0.259 e. The fourth-order valence-electron chi connectivity index (χ4n) is 3.84. The first-order valence-electron chi connectivity index (χ1n) is 9.27. The van der Waals surface area contributed by atoms with Gasteiger partial charge in [0.1, 0.15) is 0 Å². The van der Waals surface area contributed by atoms with Gasteiger partial charge in [0.25, 0.3) is 11.6 Å². The average Bonchev–Trinajstić information content (AvgIpc) is 3.40. The van der Waals surface area contributed by atoms with Crippen LogP contribution in [0.1, 0.15) is 59.8 Å². The number of aromatic nitrogens is 2. The minimum atomic E-state index is 0.0972. The number of amides is 1. The van der Waals surface area contributed by atoms with Crippen LogP contribution in [0.2, 0.25) is 0 Å². The summed E-state index contributed by atoms with van der Waals surface area (Å²) in [4.78, 5) is 22.2. The minimum Gasteiger partial charge on any atom is -0.339 e. The molecule has 134 valence electrons. The molecule has 1 amide bonds. The third-order valence-corrected chi connectivity index (χ3v) is 5.58. The van der Waals surface area contributed by atoms with Gasteiger partial charge < -0.3 is 14.3 Å². The van der Waals surface area contributed by atoms with Crippen LogP contribution in [0, 0.1) is 6.92 Å². The Labute approximate surface area is 148 Å². The van der Waals surface area contributed by atoms with Crippen LogP contribution in [-0.2, 0) is 0 Å². The van der Waals surface area contributed by atoms with Crippen molar-refractivity contribution in [1.29, 1.82) is 0 Å². The lowest BCUT2D eigenvalue weighted by atomic mass is 10.1. The van der Waals surface area contributed by atoms with Gasteiger partial charge in [0.05, 0.1) is 16.6 Å². The molecule has 4 rings (SSSR count). The van der Waals surface area contributed by atoms with Crippen LogP contribution >= 0.6 is 0 Å². The summed E-state index contributed by atoms with van der Waals surface area (Å²) in [6.45, 7) is 3.50. The van der Waals surface area contributed by atoms with Crippen LogP contribution in [0.3, 0.4) is 0 Å². The number of hydrogen-bond acceptors (Lipinski definition) is 5. The fraction of sp³-hybridized carbons (Fsp3) is 0.632. The van der Waals surface area contributed by atoms with Crippen LogP contribution in [0.5, 0.6) is 0 Å². The maximum absolute atomic E-state index is 13.3. The Morgan fingerprint density at radius 3 is 2.76 bits per heavy atom. The molecule has 1 atom stereocenters. The number of carbonyl (C=O) groups is 1. The van der Waals surface area contributed by atoms with Gasteiger partial charge in [0.15, 0.2) is 0 Å². The summed E-state index contributed by atoms with van der Waals surface area (Å²) < 4.78 is 5.38. The number of hydrogen-bond donors (Lipinski definition) is 0. The molecule has 6 nitrogen and oxygen atoms in total. The van der Waals surface area contributed by atoms with Gasteiger partial charge in [-0.05, 0) is 59.2 Å². The molecule has 6 heteroatoms. The SMILES string of the molecule is Cc1noc2nc(C3CC3)cc(C(=O)N3CCC[C@H](N(C)C)CC3)c12. The fourth-order valence-corrected chi connectivity index (χ4v) is 3.84. The summed E-state index contributed by atoms with van der Waals surface area (Å²) in [6, 6.07) is 2.54. The lowest BCUT2D eigenvalue weighted by Crippen LogP contribution is -2.34. The number of likely N-dealkylation sites (tertiary alicyclic amines) is 1. The van der Waals surface area contributed by atoms with Crippen LogP contribution in [0.4, 0.5) is 0 Å². The summed E-state index contributed by atoms with van der Waals surface area (Å²) in [5, 5.41) is 4.82. The van der Waals surface area contributed by atoms with Crippen molar-refractivity contribution in [3.05, 3.63) is 23.0 Å². The van der Waals surface area contributed by atoms with E-state index in [1.807, 2.05) is 17.9 Å². The molecule has 0 radical (unpaired) electrons. The van der Waals surface area contributed by atoms with Crippen molar-refractivity contribution < 1.29 is 9.32 Å². The smallest absolute Gasteiger partial charge is 0.259 e. The van der Waals surface area contributed by atoms with Gasteiger partial charge in [-0.25, -0.2) is 4.98 Å². The van der Waals surface area contributed by atoms with Gasteiger partial charge in [-0.1, -0.05) is 5.16 Å². The number of nitrogens with zero attached hydrogens (tertiary/aromatic N) is 4. The summed E-state index contributed by atoms with van der Waals surface area (Å²) in [5.41, 5.74) is 2.95. The highest BCUT2D eigenvalue weighted by atomic mass is 16.5. The third kappa shape index (κ3) is 3.15. The molecular formula is C19H26N4O2. The molecule has 0 N–H and O–H groups in total. The van der Waals surface area contributed by atoms with Crippen molar-refractivity contribution >= 4 is 17.0 Å². The third-order valence-electron chi connectivity index (χ3n) is 5.58. The van der Waals surface area contributed by atoms with Gasteiger partial charge in [0, 0.05) is 30.7 Å². The van der Waals surface area contributed by atoms with Gasteiger partial charge in [-0.15, -0.1) is 0 Å². The first-order chi connectivity index (χ1) is 12.0. The van der Waals surface area contributed by atoms with E-state index in [9.17, 15) is 4.79 Å². The van der Waals surface area contributed by atoms with Crippen molar-refractivity contribution in [2.45, 2.75) is 51.0 Å². The van der Waals surface area contributed by atoms with Gasteiger partial charge in [0.2, 0.25) is 0 Å².